The molecule has 6 atom stereocenters. The van der Waals surface area contributed by atoms with Gasteiger partial charge >= 0.3 is 5.97 Å². The molecule has 2 bridgehead atoms. The van der Waals surface area contributed by atoms with Crippen LogP contribution in [0.3, 0.4) is 0 Å². The standard InChI is InChI=1S/C28H36O5/c1-25-10-9-21-20-7-5-19(23(30-3)24(29)31-4)17-18(20)6-8-22(21)27(25)11-13-28(25,14-12-27)26(2)32-15-16-33-26/h5,7,11,13,17,21-23H,6,8-10,12,14-16H2,1-4H3/t21-,22-,23?,25+,27?,28+/m1/s1. The summed E-state index contributed by atoms with van der Waals surface area (Å²) < 4.78 is 23.0. The van der Waals surface area contributed by atoms with Gasteiger partial charge in [0.1, 0.15) is 0 Å². The number of ether oxygens (including phenoxy) is 4. The van der Waals surface area contributed by atoms with Gasteiger partial charge in [0.25, 0.3) is 0 Å². The number of methoxy groups -OCH3 is 2. The molecule has 178 valence electrons. The van der Waals surface area contributed by atoms with Crippen LogP contribution in [0.2, 0.25) is 0 Å². The fourth-order valence-electron chi connectivity index (χ4n) is 9.01. The van der Waals surface area contributed by atoms with Gasteiger partial charge in [-0.25, -0.2) is 4.79 Å². The molecule has 5 nitrogen and oxygen atoms in total. The molecule has 0 amide bonds. The summed E-state index contributed by atoms with van der Waals surface area (Å²) in [7, 11) is 2.98. The number of rotatable bonds is 4. The summed E-state index contributed by atoms with van der Waals surface area (Å²) >= 11 is 0. The van der Waals surface area contributed by atoms with Crippen LogP contribution in [0.4, 0.5) is 0 Å². The van der Waals surface area contributed by atoms with E-state index < -0.39 is 11.9 Å². The van der Waals surface area contributed by atoms with E-state index in [-0.39, 0.29) is 22.2 Å². The molecule has 1 heterocycles. The van der Waals surface area contributed by atoms with Crippen molar-refractivity contribution in [2.75, 3.05) is 27.4 Å². The highest BCUT2D eigenvalue weighted by Crippen LogP contribution is 2.80. The van der Waals surface area contributed by atoms with Crippen molar-refractivity contribution in [2.24, 2.45) is 22.2 Å². The van der Waals surface area contributed by atoms with Crippen molar-refractivity contribution >= 4 is 5.97 Å². The van der Waals surface area contributed by atoms with E-state index in [4.69, 9.17) is 18.9 Å². The summed E-state index contributed by atoms with van der Waals surface area (Å²) in [6, 6.07) is 6.52. The third kappa shape index (κ3) is 2.51. The maximum Gasteiger partial charge on any atom is 0.339 e. The van der Waals surface area contributed by atoms with Gasteiger partial charge in [0.2, 0.25) is 0 Å². The number of carbonyl (C=O) groups excluding carboxylic acids is 1. The van der Waals surface area contributed by atoms with Crippen LogP contribution >= 0.6 is 0 Å². The maximum atomic E-state index is 12.2. The van der Waals surface area contributed by atoms with Gasteiger partial charge in [0.05, 0.1) is 20.3 Å². The van der Waals surface area contributed by atoms with E-state index in [0.717, 1.165) is 18.4 Å². The number of allylic oxidation sites excluding steroid dienone is 1. The predicted octanol–water partition coefficient (Wildman–Crippen LogP) is 5.09. The summed E-state index contributed by atoms with van der Waals surface area (Å²) in [6.07, 6.45) is 11.4. The van der Waals surface area contributed by atoms with Crippen LogP contribution in [-0.4, -0.2) is 39.2 Å². The van der Waals surface area contributed by atoms with E-state index in [0.29, 0.717) is 25.0 Å². The van der Waals surface area contributed by atoms with Gasteiger partial charge in [-0.1, -0.05) is 37.3 Å². The SMILES string of the molecule is COC(=O)C(OC)c1ccc2c(c1)CC[C@@H]1[C@@H]2CC[C@@]2(C)C13C=C[C@]2(C1(C)OCCO1)CC3. The molecule has 1 aromatic rings. The van der Waals surface area contributed by atoms with E-state index >= 15 is 0 Å². The van der Waals surface area contributed by atoms with E-state index in [1.54, 1.807) is 7.11 Å². The van der Waals surface area contributed by atoms with Gasteiger partial charge in [0.15, 0.2) is 11.9 Å². The molecular weight excluding hydrogens is 416 g/mol. The molecule has 2 saturated carbocycles. The Morgan fingerprint density at radius 1 is 1.06 bits per heavy atom. The van der Waals surface area contributed by atoms with Crippen molar-refractivity contribution < 1.29 is 23.7 Å². The molecule has 1 aliphatic heterocycles. The number of hydrogen-bond acceptors (Lipinski definition) is 5. The normalized spacial score (nSPS) is 40.7. The third-order valence-electron chi connectivity index (χ3n) is 10.6. The fourth-order valence-corrected chi connectivity index (χ4v) is 9.01. The highest BCUT2D eigenvalue weighted by Gasteiger charge is 2.76. The first-order valence-electron chi connectivity index (χ1n) is 12.6. The summed E-state index contributed by atoms with van der Waals surface area (Å²) in [6.45, 7) is 6.12. The number of aryl methyl sites for hydroxylation is 1. The quantitative estimate of drug-likeness (QED) is 0.470. The highest BCUT2D eigenvalue weighted by molar-refractivity contribution is 5.76. The molecular formula is C28H36O5. The zero-order valence-corrected chi connectivity index (χ0v) is 20.3. The second-order valence-electron chi connectivity index (χ2n) is 11.2. The third-order valence-corrected chi connectivity index (χ3v) is 10.6. The average Bonchev–Trinajstić information content (AvgIpc) is 3.48. The minimum atomic E-state index is -0.661. The summed E-state index contributed by atoms with van der Waals surface area (Å²) in [5.74, 6) is 0.348. The largest absolute Gasteiger partial charge is 0.467 e. The lowest BCUT2D eigenvalue weighted by Gasteiger charge is -2.59. The second kappa shape index (κ2) is 7.16. The first-order chi connectivity index (χ1) is 15.8. The Morgan fingerprint density at radius 2 is 1.85 bits per heavy atom. The van der Waals surface area contributed by atoms with E-state index in [2.05, 4.69) is 44.2 Å². The molecule has 5 aliphatic rings. The van der Waals surface area contributed by atoms with Gasteiger partial charge in [0, 0.05) is 12.5 Å². The van der Waals surface area contributed by atoms with Crippen molar-refractivity contribution in [2.45, 2.75) is 70.2 Å². The topological polar surface area (TPSA) is 54.0 Å². The molecule has 4 aliphatic carbocycles. The lowest BCUT2D eigenvalue weighted by Crippen LogP contribution is -2.57. The molecule has 3 fully saturated rings. The number of carbonyl (C=O) groups is 1. The number of esters is 1. The first-order valence-corrected chi connectivity index (χ1v) is 12.6. The van der Waals surface area contributed by atoms with Crippen LogP contribution in [0.25, 0.3) is 0 Å². The molecule has 5 heteroatoms. The first kappa shape index (κ1) is 21.8. The molecule has 1 saturated heterocycles. The lowest BCUT2D eigenvalue weighted by atomic mass is 9.46. The van der Waals surface area contributed by atoms with Crippen LogP contribution < -0.4 is 0 Å². The molecule has 33 heavy (non-hydrogen) atoms. The van der Waals surface area contributed by atoms with Crippen LogP contribution in [0, 0.1) is 22.2 Å². The monoisotopic (exact) mass is 452 g/mol. The van der Waals surface area contributed by atoms with Gasteiger partial charge in [-0.2, -0.15) is 0 Å². The van der Waals surface area contributed by atoms with E-state index in [1.807, 2.05) is 0 Å². The van der Waals surface area contributed by atoms with E-state index in [1.165, 1.54) is 43.9 Å². The van der Waals surface area contributed by atoms with Crippen molar-refractivity contribution in [3.63, 3.8) is 0 Å². The summed E-state index contributed by atoms with van der Waals surface area (Å²) in [5, 5.41) is 0. The summed E-state index contributed by atoms with van der Waals surface area (Å²) in [4.78, 5) is 12.2. The Kier molecular flexibility index (Phi) is 4.73. The molecule has 6 rings (SSSR count). The molecule has 2 unspecified atom stereocenters. The summed E-state index contributed by atoms with van der Waals surface area (Å²) in [5.41, 5.74) is 4.10. The number of hydrogen-bond donors (Lipinski definition) is 0. The fraction of sp³-hybridized carbons (Fsp3) is 0.679. The van der Waals surface area contributed by atoms with Crippen molar-refractivity contribution in [1.29, 1.82) is 0 Å². The Balaban J connectivity index is 1.35. The molecule has 0 spiro atoms. The number of benzene rings is 1. The Hall–Kier alpha value is -1.69. The van der Waals surface area contributed by atoms with Gasteiger partial charge in [-0.05, 0) is 84.8 Å². The predicted molar refractivity (Wildman–Crippen MR) is 124 cm³/mol. The zero-order chi connectivity index (χ0) is 23.1. The minimum absolute atomic E-state index is 0.0300. The Labute approximate surface area is 196 Å². The van der Waals surface area contributed by atoms with Crippen LogP contribution in [0.1, 0.15) is 74.7 Å². The Morgan fingerprint density at radius 3 is 2.52 bits per heavy atom. The molecule has 1 aromatic carbocycles. The van der Waals surface area contributed by atoms with Crippen molar-refractivity contribution in [1.82, 2.24) is 0 Å². The Bertz CT molecular complexity index is 1010. The molecule has 0 aromatic heterocycles. The lowest BCUT2D eigenvalue weighted by molar-refractivity contribution is -0.245. The molecule has 0 radical (unpaired) electrons. The maximum absolute atomic E-state index is 12.2. The average molecular weight is 453 g/mol. The molecule has 0 N–H and O–H groups in total. The van der Waals surface area contributed by atoms with Gasteiger partial charge in [-0.3, -0.25) is 0 Å². The van der Waals surface area contributed by atoms with Gasteiger partial charge < -0.3 is 18.9 Å². The van der Waals surface area contributed by atoms with Crippen LogP contribution in [-0.2, 0) is 30.2 Å². The van der Waals surface area contributed by atoms with Crippen molar-refractivity contribution in [3.05, 3.63) is 47.0 Å². The number of fused-ring (bicyclic) bond motifs is 3. The minimum Gasteiger partial charge on any atom is -0.467 e. The van der Waals surface area contributed by atoms with Crippen LogP contribution in [0.5, 0.6) is 0 Å². The van der Waals surface area contributed by atoms with Crippen molar-refractivity contribution in [3.8, 4) is 0 Å². The highest BCUT2D eigenvalue weighted by atomic mass is 16.7. The van der Waals surface area contributed by atoms with Gasteiger partial charge in [-0.15, -0.1) is 0 Å². The van der Waals surface area contributed by atoms with Crippen LogP contribution in [0.15, 0.2) is 30.4 Å². The van der Waals surface area contributed by atoms with E-state index in [9.17, 15) is 4.79 Å². The second-order valence-corrected chi connectivity index (χ2v) is 11.2. The smallest absolute Gasteiger partial charge is 0.339 e. The zero-order valence-electron chi connectivity index (χ0n) is 20.3.